The minimum absolute atomic E-state index is 0.0317. The quantitative estimate of drug-likeness (QED) is 0.737. The summed E-state index contributed by atoms with van der Waals surface area (Å²) in [6.45, 7) is 0.388. The molecule has 0 aliphatic rings. The van der Waals surface area contributed by atoms with Gasteiger partial charge < -0.3 is 19.2 Å². The summed E-state index contributed by atoms with van der Waals surface area (Å²) >= 11 is 0. The number of para-hydroxylation sites is 1. The molecule has 0 unspecified atom stereocenters. The lowest BCUT2D eigenvalue weighted by Crippen LogP contribution is -2.26. The summed E-state index contributed by atoms with van der Waals surface area (Å²) in [5.74, 6) is 0.845. The zero-order valence-electron chi connectivity index (χ0n) is 14.6. The maximum Gasteiger partial charge on any atom is 0.287 e. The number of hydrogen-bond donors (Lipinski definition) is 1. The van der Waals surface area contributed by atoms with E-state index in [0.717, 1.165) is 11.3 Å². The normalized spacial score (nSPS) is 10.5. The molecule has 0 aliphatic heterocycles. The average Bonchev–Trinajstić information content (AvgIpc) is 2.67. The predicted molar refractivity (Wildman–Crippen MR) is 98.1 cm³/mol. The summed E-state index contributed by atoms with van der Waals surface area (Å²) in [5.41, 5.74) is 1.02. The van der Waals surface area contributed by atoms with Gasteiger partial charge in [-0.3, -0.25) is 9.59 Å². The standard InChI is InChI=1S/C20H19NO5/c1-24-14-7-8-15-16(22)12-19(26-18(15)11-14)20(23)21-10-9-13-5-3-4-6-17(13)25-2/h3-8,11-12H,9-10H2,1-2H3,(H,21,23). The van der Waals surface area contributed by atoms with Crippen molar-refractivity contribution in [1.82, 2.24) is 5.32 Å². The van der Waals surface area contributed by atoms with E-state index in [1.807, 2.05) is 24.3 Å². The lowest BCUT2D eigenvalue weighted by Gasteiger charge is -2.09. The molecule has 3 rings (SSSR count). The number of ether oxygens (including phenoxy) is 2. The molecule has 0 aliphatic carbocycles. The Morgan fingerprint density at radius 1 is 1.08 bits per heavy atom. The number of benzene rings is 2. The first-order chi connectivity index (χ1) is 12.6. The molecule has 0 atom stereocenters. The average molecular weight is 353 g/mol. The van der Waals surface area contributed by atoms with Crippen molar-refractivity contribution in [3.05, 3.63) is 70.1 Å². The van der Waals surface area contributed by atoms with Crippen LogP contribution in [0.25, 0.3) is 11.0 Å². The molecular weight excluding hydrogens is 334 g/mol. The molecular formula is C20H19NO5. The van der Waals surface area contributed by atoms with Crippen LogP contribution in [0.5, 0.6) is 11.5 Å². The Labute approximate surface area is 150 Å². The van der Waals surface area contributed by atoms with Crippen molar-refractivity contribution in [1.29, 1.82) is 0 Å². The molecule has 134 valence electrons. The Kier molecular flexibility index (Phi) is 5.22. The highest BCUT2D eigenvalue weighted by Gasteiger charge is 2.13. The van der Waals surface area contributed by atoms with Crippen molar-refractivity contribution < 1.29 is 18.7 Å². The van der Waals surface area contributed by atoms with Gasteiger partial charge in [0.05, 0.1) is 19.6 Å². The van der Waals surface area contributed by atoms with Gasteiger partial charge in [0.25, 0.3) is 5.91 Å². The highest BCUT2D eigenvalue weighted by molar-refractivity contribution is 5.93. The number of carbonyl (C=O) groups excluding carboxylic acids is 1. The monoisotopic (exact) mass is 353 g/mol. The minimum Gasteiger partial charge on any atom is -0.497 e. The van der Waals surface area contributed by atoms with Crippen LogP contribution < -0.4 is 20.2 Å². The molecule has 1 aromatic heterocycles. The Balaban J connectivity index is 1.74. The van der Waals surface area contributed by atoms with Crippen molar-refractivity contribution in [3.63, 3.8) is 0 Å². The minimum atomic E-state index is -0.443. The third-order valence-electron chi connectivity index (χ3n) is 4.03. The number of carbonyl (C=O) groups is 1. The van der Waals surface area contributed by atoms with E-state index in [-0.39, 0.29) is 11.2 Å². The van der Waals surface area contributed by atoms with Gasteiger partial charge in [-0.2, -0.15) is 0 Å². The molecule has 1 heterocycles. The third-order valence-corrected chi connectivity index (χ3v) is 4.03. The van der Waals surface area contributed by atoms with E-state index in [0.29, 0.717) is 29.7 Å². The van der Waals surface area contributed by atoms with Gasteiger partial charge in [-0.15, -0.1) is 0 Å². The van der Waals surface area contributed by atoms with Crippen molar-refractivity contribution in [2.75, 3.05) is 20.8 Å². The van der Waals surface area contributed by atoms with Gasteiger partial charge in [-0.25, -0.2) is 0 Å². The maximum atomic E-state index is 12.3. The van der Waals surface area contributed by atoms with Gasteiger partial charge in [0, 0.05) is 18.7 Å². The van der Waals surface area contributed by atoms with Crippen LogP contribution in [0, 0.1) is 0 Å². The highest BCUT2D eigenvalue weighted by Crippen LogP contribution is 2.20. The van der Waals surface area contributed by atoms with Crippen molar-refractivity contribution >= 4 is 16.9 Å². The first-order valence-electron chi connectivity index (χ1n) is 8.14. The number of hydrogen-bond acceptors (Lipinski definition) is 5. The van der Waals surface area contributed by atoms with Crippen LogP contribution in [-0.4, -0.2) is 26.7 Å². The van der Waals surface area contributed by atoms with Gasteiger partial charge >= 0.3 is 0 Å². The first-order valence-corrected chi connectivity index (χ1v) is 8.14. The van der Waals surface area contributed by atoms with Crippen LogP contribution in [0.4, 0.5) is 0 Å². The molecule has 0 bridgehead atoms. The molecule has 0 saturated carbocycles. The molecule has 1 N–H and O–H groups in total. The number of methoxy groups -OCH3 is 2. The van der Waals surface area contributed by atoms with Crippen LogP contribution in [-0.2, 0) is 6.42 Å². The van der Waals surface area contributed by atoms with Crippen molar-refractivity contribution in [3.8, 4) is 11.5 Å². The Morgan fingerprint density at radius 2 is 1.88 bits per heavy atom. The Morgan fingerprint density at radius 3 is 2.65 bits per heavy atom. The lowest BCUT2D eigenvalue weighted by atomic mass is 10.1. The number of amides is 1. The summed E-state index contributed by atoms with van der Waals surface area (Å²) in [5, 5.41) is 3.16. The second-order valence-corrected chi connectivity index (χ2v) is 5.65. The van der Waals surface area contributed by atoms with E-state index in [1.54, 1.807) is 25.3 Å². The van der Waals surface area contributed by atoms with Crippen LogP contribution in [0.15, 0.2) is 57.7 Å². The fraction of sp³-hybridized carbons (Fsp3) is 0.200. The first kappa shape index (κ1) is 17.5. The van der Waals surface area contributed by atoms with E-state index < -0.39 is 5.91 Å². The van der Waals surface area contributed by atoms with Crippen molar-refractivity contribution in [2.45, 2.75) is 6.42 Å². The zero-order chi connectivity index (χ0) is 18.5. The van der Waals surface area contributed by atoms with E-state index in [4.69, 9.17) is 13.9 Å². The Hall–Kier alpha value is -3.28. The molecule has 6 heteroatoms. The van der Waals surface area contributed by atoms with Gasteiger partial charge in [0.1, 0.15) is 17.1 Å². The van der Waals surface area contributed by atoms with Crippen molar-refractivity contribution in [2.24, 2.45) is 0 Å². The molecule has 26 heavy (non-hydrogen) atoms. The summed E-state index contributed by atoms with van der Waals surface area (Å²) in [4.78, 5) is 24.5. The van der Waals surface area contributed by atoms with Gasteiger partial charge in [-0.1, -0.05) is 18.2 Å². The molecule has 3 aromatic rings. The summed E-state index contributed by atoms with van der Waals surface area (Å²) in [6, 6.07) is 13.7. The Bertz CT molecular complexity index is 993. The largest absolute Gasteiger partial charge is 0.497 e. The second-order valence-electron chi connectivity index (χ2n) is 5.65. The highest BCUT2D eigenvalue weighted by atomic mass is 16.5. The second kappa shape index (κ2) is 7.74. The third kappa shape index (κ3) is 3.69. The lowest BCUT2D eigenvalue weighted by molar-refractivity contribution is 0.0927. The van der Waals surface area contributed by atoms with Crippen LogP contribution in [0.2, 0.25) is 0 Å². The van der Waals surface area contributed by atoms with Gasteiger partial charge in [0.2, 0.25) is 0 Å². The topological polar surface area (TPSA) is 77.8 Å². The number of fused-ring (bicyclic) bond motifs is 1. The SMILES string of the molecule is COc1ccc2c(=O)cc(C(=O)NCCc3ccccc3OC)oc2c1. The molecule has 0 saturated heterocycles. The smallest absolute Gasteiger partial charge is 0.287 e. The molecule has 0 radical (unpaired) electrons. The number of rotatable bonds is 6. The summed E-state index contributed by atoms with van der Waals surface area (Å²) in [6.07, 6.45) is 0.599. The summed E-state index contributed by atoms with van der Waals surface area (Å²) < 4.78 is 16.0. The van der Waals surface area contributed by atoms with E-state index in [9.17, 15) is 9.59 Å². The maximum absolute atomic E-state index is 12.3. The molecule has 1 amide bonds. The number of nitrogens with one attached hydrogen (secondary N) is 1. The summed E-state index contributed by atoms with van der Waals surface area (Å²) in [7, 11) is 3.13. The molecule has 6 nitrogen and oxygen atoms in total. The van der Waals surface area contributed by atoms with Crippen LogP contribution in [0.1, 0.15) is 16.1 Å². The van der Waals surface area contributed by atoms with Gasteiger partial charge in [0.15, 0.2) is 11.2 Å². The molecule has 0 fully saturated rings. The molecule has 2 aromatic carbocycles. The van der Waals surface area contributed by atoms with Crippen LogP contribution in [0.3, 0.4) is 0 Å². The van der Waals surface area contributed by atoms with E-state index in [1.165, 1.54) is 13.2 Å². The van der Waals surface area contributed by atoms with Crippen LogP contribution >= 0.6 is 0 Å². The fourth-order valence-electron chi connectivity index (χ4n) is 2.68. The van der Waals surface area contributed by atoms with Gasteiger partial charge in [-0.05, 0) is 30.2 Å². The van der Waals surface area contributed by atoms with E-state index >= 15 is 0 Å². The predicted octanol–water partition coefficient (Wildman–Crippen LogP) is 2.78. The van der Waals surface area contributed by atoms with E-state index in [2.05, 4.69) is 5.32 Å². The zero-order valence-corrected chi connectivity index (χ0v) is 14.6. The fourth-order valence-corrected chi connectivity index (χ4v) is 2.68. The molecule has 0 spiro atoms.